The summed E-state index contributed by atoms with van der Waals surface area (Å²) in [6.07, 6.45) is 0. The maximum atomic E-state index is 12.8. The lowest BCUT2D eigenvalue weighted by atomic mass is 10.3. The van der Waals surface area contributed by atoms with Crippen molar-refractivity contribution < 1.29 is 17.9 Å². The number of hydrogen-bond donors (Lipinski definition) is 2. The highest BCUT2D eigenvalue weighted by Gasteiger charge is 2.13. The molecule has 0 aliphatic heterocycles. The largest absolute Gasteiger partial charge is 0.429 e. The van der Waals surface area contributed by atoms with Crippen LogP contribution in [0.25, 0.3) is 0 Å². The van der Waals surface area contributed by atoms with Crippen LogP contribution < -0.4 is 16.0 Å². The van der Waals surface area contributed by atoms with Gasteiger partial charge in [0.15, 0.2) is 11.6 Å². The zero-order chi connectivity index (χ0) is 9.84. The van der Waals surface area contributed by atoms with E-state index in [1.807, 2.05) is 5.43 Å². The van der Waals surface area contributed by atoms with Gasteiger partial charge in [0.1, 0.15) is 0 Å². The Hall–Kier alpha value is -1.43. The number of para-hydroxylation sites is 1. The third kappa shape index (κ3) is 2.25. The highest BCUT2D eigenvalue weighted by Crippen LogP contribution is 2.28. The summed E-state index contributed by atoms with van der Waals surface area (Å²) in [5.74, 6) is 3.48. The van der Waals surface area contributed by atoms with E-state index < -0.39 is 18.2 Å². The molecule has 1 aromatic carbocycles. The number of benzene rings is 1. The highest BCUT2D eigenvalue weighted by molar-refractivity contribution is 5.55. The number of nitrogens with two attached hydrogens (primary N) is 1. The Balaban J connectivity index is 3.00. The average Bonchev–Trinajstić information content (AvgIpc) is 2.08. The molecular formula is C7H7F3N2O. The van der Waals surface area contributed by atoms with E-state index in [9.17, 15) is 13.2 Å². The molecule has 72 valence electrons. The summed E-state index contributed by atoms with van der Waals surface area (Å²) in [6.45, 7) is -3.08. The first-order valence-electron chi connectivity index (χ1n) is 3.35. The van der Waals surface area contributed by atoms with Gasteiger partial charge in [-0.3, -0.25) is 5.84 Å². The Morgan fingerprint density at radius 1 is 1.38 bits per heavy atom. The van der Waals surface area contributed by atoms with Gasteiger partial charge in [0.25, 0.3) is 0 Å². The van der Waals surface area contributed by atoms with Crippen LogP contribution in [0, 0.1) is 5.82 Å². The van der Waals surface area contributed by atoms with Crippen LogP contribution in [0.3, 0.4) is 0 Å². The fourth-order valence-electron chi connectivity index (χ4n) is 0.831. The van der Waals surface area contributed by atoms with Gasteiger partial charge < -0.3 is 10.2 Å². The van der Waals surface area contributed by atoms with Crippen molar-refractivity contribution in [3.8, 4) is 5.75 Å². The van der Waals surface area contributed by atoms with Crippen molar-refractivity contribution >= 4 is 5.69 Å². The second kappa shape index (κ2) is 3.99. The highest BCUT2D eigenvalue weighted by atomic mass is 19.3. The summed E-state index contributed by atoms with van der Waals surface area (Å²) in [7, 11) is 0. The van der Waals surface area contributed by atoms with Crippen LogP contribution in [0.4, 0.5) is 18.9 Å². The van der Waals surface area contributed by atoms with E-state index in [-0.39, 0.29) is 5.69 Å². The maximum absolute atomic E-state index is 12.8. The smallest absolute Gasteiger partial charge is 0.387 e. The molecule has 0 aliphatic rings. The number of nitrogen functional groups attached to an aromatic ring is 1. The quantitative estimate of drug-likeness (QED) is 0.566. The standard InChI is InChI=1S/C7H7F3N2O/c8-4-2-1-3-5(12-11)6(4)13-7(9)10/h1-3,7,12H,11H2. The van der Waals surface area contributed by atoms with Gasteiger partial charge in [-0.2, -0.15) is 8.78 Å². The number of hydrazine groups is 1. The summed E-state index contributed by atoms with van der Waals surface area (Å²) in [5, 5.41) is 0. The molecule has 0 saturated carbocycles. The molecule has 0 spiro atoms. The first kappa shape index (κ1) is 9.66. The molecule has 0 bridgehead atoms. The van der Waals surface area contributed by atoms with E-state index in [1.54, 1.807) is 0 Å². The van der Waals surface area contributed by atoms with Crippen molar-refractivity contribution in [2.45, 2.75) is 6.61 Å². The summed E-state index contributed by atoms with van der Waals surface area (Å²) < 4.78 is 40.3. The lowest BCUT2D eigenvalue weighted by molar-refractivity contribution is -0.0516. The fraction of sp³-hybridized carbons (Fsp3) is 0.143. The fourth-order valence-corrected chi connectivity index (χ4v) is 0.831. The number of rotatable bonds is 3. The third-order valence-electron chi connectivity index (χ3n) is 1.33. The molecule has 13 heavy (non-hydrogen) atoms. The lowest BCUT2D eigenvalue weighted by Gasteiger charge is -2.10. The summed E-state index contributed by atoms with van der Waals surface area (Å²) in [6, 6.07) is 3.64. The summed E-state index contributed by atoms with van der Waals surface area (Å²) in [5.41, 5.74) is 2.02. The topological polar surface area (TPSA) is 47.3 Å². The predicted octanol–water partition coefficient (Wildman–Crippen LogP) is 1.71. The van der Waals surface area contributed by atoms with E-state index in [0.29, 0.717) is 0 Å². The van der Waals surface area contributed by atoms with Gasteiger partial charge in [0.05, 0.1) is 5.69 Å². The van der Waals surface area contributed by atoms with Crippen molar-refractivity contribution in [3.63, 3.8) is 0 Å². The Bertz CT molecular complexity index is 293. The van der Waals surface area contributed by atoms with Gasteiger partial charge in [-0.05, 0) is 12.1 Å². The second-order valence-electron chi connectivity index (χ2n) is 2.14. The third-order valence-corrected chi connectivity index (χ3v) is 1.33. The Morgan fingerprint density at radius 3 is 2.62 bits per heavy atom. The first-order valence-corrected chi connectivity index (χ1v) is 3.35. The van der Waals surface area contributed by atoms with E-state index in [4.69, 9.17) is 5.84 Å². The SMILES string of the molecule is NNc1cccc(F)c1OC(F)F. The van der Waals surface area contributed by atoms with Crippen LogP contribution in [-0.2, 0) is 0 Å². The van der Waals surface area contributed by atoms with Crippen molar-refractivity contribution in [1.29, 1.82) is 0 Å². The molecule has 0 atom stereocenters. The number of hydrogen-bond acceptors (Lipinski definition) is 3. The zero-order valence-corrected chi connectivity index (χ0v) is 6.43. The molecule has 0 unspecified atom stereocenters. The van der Waals surface area contributed by atoms with Gasteiger partial charge in [-0.1, -0.05) is 6.07 Å². The zero-order valence-electron chi connectivity index (χ0n) is 6.43. The van der Waals surface area contributed by atoms with Crippen molar-refractivity contribution in [2.24, 2.45) is 5.84 Å². The minimum Gasteiger partial charge on any atom is -0.429 e. The molecule has 1 aromatic rings. The Labute approximate surface area is 72.3 Å². The lowest BCUT2D eigenvalue weighted by Crippen LogP contribution is -2.11. The van der Waals surface area contributed by atoms with Gasteiger partial charge in [-0.15, -0.1) is 0 Å². The number of halogens is 3. The predicted molar refractivity (Wildman–Crippen MR) is 40.8 cm³/mol. The van der Waals surface area contributed by atoms with Gasteiger partial charge in [0.2, 0.25) is 0 Å². The van der Waals surface area contributed by atoms with E-state index in [2.05, 4.69) is 4.74 Å². The molecule has 0 amide bonds. The van der Waals surface area contributed by atoms with Crippen LogP contribution in [0.5, 0.6) is 5.75 Å². The van der Waals surface area contributed by atoms with Crippen molar-refractivity contribution in [3.05, 3.63) is 24.0 Å². The molecule has 0 aromatic heterocycles. The molecule has 0 aliphatic carbocycles. The van der Waals surface area contributed by atoms with Crippen LogP contribution in [0.2, 0.25) is 0 Å². The van der Waals surface area contributed by atoms with Gasteiger partial charge >= 0.3 is 6.61 Å². The Kier molecular flexibility index (Phi) is 2.97. The molecule has 6 heteroatoms. The maximum Gasteiger partial charge on any atom is 0.387 e. The van der Waals surface area contributed by atoms with Crippen LogP contribution in [0.15, 0.2) is 18.2 Å². The van der Waals surface area contributed by atoms with E-state index in [1.165, 1.54) is 12.1 Å². The molecule has 0 saturated heterocycles. The first-order chi connectivity index (χ1) is 6.15. The normalized spacial score (nSPS) is 10.2. The van der Waals surface area contributed by atoms with Crippen molar-refractivity contribution in [2.75, 3.05) is 5.43 Å². The molecule has 0 radical (unpaired) electrons. The van der Waals surface area contributed by atoms with Gasteiger partial charge in [0, 0.05) is 0 Å². The number of anilines is 1. The number of alkyl halides is 2. The van der Waals surface area contributed by atoms with Crippen LogP contribution in [-0.4, -0.2) is 6.61 Å². The minimum atomic E-state index is -3.08. The monoisotopic (exact) mass is 192 g/mol. The Morgan fingerprint density at radius 2 is 2.08 bits per heavy atom. The van der Waals surface area contributed by atoms with Crippen LogP contribution >= 0.6 is 0 Å². The average molecular weight is 192 g/mol. The molecule has 0 heterocycles. The molecule has 3 nitrogen and oxygen atoms in total. The molecule has 3 N–H and O–H groups in total. The number of nitrogens with one attached hydrogen (secondary N) is 1. The molecule has 0 fully saturated rings. The number of ether oxygens (including phenoxy) is 1. The van der Waals surface area contributed by atoms with Crippen LogP contribution in [0.1, 0.15) is 0 Å². The molecular weight excluding hydrogens is 185 g/mol. The van der Waals surface area contributed by atoms with E-state index >= 15 is 0 Å². The second-order valence-corrected chi connectivity index (χ2v) is 2.14. The van der Waals surface area contributed by atoms with Crippen molar-refractivity contribution in [1.82, 2.24) is 0 Å². The summed E-state index contributed by atoms with van der Waals surface area (Å²) >= 11 is 0. The summed E-state index contributed by atoms with van der Waals surface area (Å²) in [4.78, 5) is 0. The molecule has 1 rings (SSSR count). The van der Waals surface area contributed by atoms with Gasteiger partial charge in [-0.25, -0.2) is 4.39 Å². The van der Waals surface area contributed by atoms with E-state index in [0.717, 1.165) is 6.07 Å². The minimum absolute atomic E-state index is 0.0275.